The summed E-state index contributed by atoms with van der Waals surface area (Å²) < 4.78 is 5.85. The molecule has 0 bridgehead atoms. The molecule has 1 aromatic rings. The summed E-state index contributed by atoms with van der Waals surface area (Å²) in [4.78, 5) is 4.57. The van der Waals surface area contributed by atoms with Crippen LogP contribution in [0.2, 0.25) is 0 Å². The Kier molecular flexibility index (Phi) is 4.95. The number of thiazole rings is 1. The molecule has 0 aliphatic heterocycles. The molecule has 17 heavy (non-hydrogen) atoms. The van der Waals surface area contributed by atoms with Gasteiger partial charge < -0.3 is 10.1 Å². The van der Waals surface area contributed by atoms with E-state index in [2.05, 4.69) is 22.6 Å². The largest absolute Gasteiger partial charge is 0.372 e. The second kappa shape index (κ2) is 6.47. The number of nitrogens with zero attached hydrogens (tertiary/aromatic N) is 1. The van der Waals surface area contributed by atoms with Crippen LogP contribution in [0.25, 0.3) is 0 Å². The van der Waals surface area contributed by atoms with Gasteiger partial charge in [0.25, 0.3) is 0 Å². The van der Waals surface area contributed by atoms with Crippen LogP contribution in [-0.4, -0.2) is 24.7 Å². The molecule has 0 aromatic carbocycles. The Labute approximate surface area is 108 Å². The molecule has 4 heteroatoms. The van der Waals surface area contributed by atoms with E-state index in [1.54, 1.807) is 11.3 Å². The maximum atomic E-state index is 5.85. The molecule has 1 fully saturated rings. The van der Waals surface area contributed by atoms with Crippen LogP contribution in [0.3, 0.4) is 0 Å². The Morgan fingerprint density at radius 3 is 3.06 bits per heavy atom. The number of hydrogen-bond donors (Lipinski definition) is 1. The van der Waals surface area contributed by atoms with Crippen molar-refractivity contribution in [1.29, 1.82) is 0 Å². The zero-order valence-electron chi connectivity index (χ0n) is 10.7. The standard InChI is InChI=1S/C13H22N2OS/c1-3-4-13-15-11(9-17-13)8-16-12-5-10(6-12)7-14-2/h9-10,12,14H,3-8H2,1-2H3. The molecule has 3 nitrogen and oxygen atoms in total. The van der Waals surface area contributed by atoms with Crippen molar-refractivity contribution in [2.24, 2.45) is 5.92 Å². The third-order valence-corrected chi connectivity index (χ3v) is 4.17. The van der Waals surface area contributed by atoms with Gasteiger partial charge in [-0.15, -0.1) is 11.3 Å². The zero-order valence-corrected chi connectivity index (χ0v) is 11.6. The Morgan fingerprint density at radius 1 is 1.53 bits per heavy atom. The Hall–Kier alpha value is -0.450. The van der Waals surface area contributed by atoms with Crippen LogP contribution < -0.4 is 5.32 Å². The van der Waals surface area contributed by atoms with Crippen LogP contribution in [0, 0.1) is 5.92 Å². The monoisotopic (exact) mass is 254 g/mol. The minimum atomic E-state index is 0.463. The molecule has 0 saturated heterocycles. The molecule has 1 aliphatic carbocycles. The highest BCUT2D eigenvalue weighted by Gasteiger charge is 2.29. The van der Waals surface area contributed by atoms with E-state index in [9.17, 15) is 0 Å². The highest BCUT2D eigenvalue weighted by molar-refractivity contribution is 7.09. The number of ether oxygens (including phenoxy) is 1. The number of aryl methyl sites for hydroxylation is 1. The van der Waals surface area contributed by atoms with E-state index in [-0.39, 0.29) is 0 Å². The first-order valence-corrected chi connectivity index (χ1v) is 7.39. The third-order valence-electron chi connectivity index (χ3n) is 3.22. The molecule has 2 rings (SSSR count). The topological polar surface area (TPSA) is 34.1 Å². The van der Waals surface area contributed by atoms with E-state index in [1.807, 2.05) is 7.05 Å². The fourth-order valence-corrected chi connectivity index (χ4v) is 3.10. The molecular formula is C13H22N2OS. The summed E-state index contributed by atoms with van der Waals surface area (Å²) in [5, 5.41) is 6.59. The summed E-state index contributed by atoms with van der Waals surface area (Å²) in [5.74, 6) is 0.816. The first-order chi connectivity index (χ1) is 8.31. The summed E-state index contributed by atoms with van der Waals surface area (Å²) >= 11 is 1.76. The van der Waals surface area contributed by atoms with Crippen molar-refractivity contribution in [2.75, 3.05) is 13.6 Å². The highest BCUT2D eigenvalue weighted by atomic mass is 32.1. The lowest BCUT2D eigenvalue weighted by molar-refractivity contribution is -0.0401. The minimum Gasteiger partial charge on any atom is -0.372 e. The molecule has 1 saturated carbocycles. The van der Waals surface area contributed by atoms with Crippen molar-refractivity contribution in [3.05, 3.63) is 16.1 Å². The van der Waals surface area contributed by atoms with Crippen molar-refractivity contribution in [3.8, 4) is 0 Å². The average Bonchev–Trinajstić information content (AvgIpc) is 2.70. The number of hydrogen-bond acceptors (Lipinski definition) is 4. The van der Waals surface area contributed by atoms with Crippen molar-refractivity contribution >= 4 is 11.3 Å². The van der Waals surface area contributed by atoms with Crippen LogP contribution in [0.5, 0.6) is 0 Å². The van der Waals surface area contributed by atoms with Gasteiger partial charge in [0, 0.05) is 5.38 Å². The Bertz CT molecular complexity index is 334. The number of nitrogens with one attached hydrogen (secondary N) is 1. The Balaban J connectivity index is 1.65. The van der Waals surface area contributed by atoms with Crippen LogP contribution in [0.1, 0.15) is 36.9 Å². The molecule has 0 unspecified atom stereocenters. The fraction of sp³-hybridized carbons (Fsp3) is 0.769. The van der Waals surface area contributed by atoms with Crippen LogP contribution in [0.4, 0.5) is 0 Å². The van der Waals surface area contributed by atoms with Gasteiger partial charge in [-0.1, -0.05) is 6.92 Å². The van der Waals surface area contributed by atoms with E-state index in [1.165, 1.54) is 24.3 Å². The van der Waals surface area contributed by atoms with E-state index in [4.69, 9.17) is 4.74 Å². The van der Waals surface area contributed by atoms with Crippen molar-refractivity contribution < 1.29 is 4.74 Å². The molecule has 0 atom stereocenters. The maximum Gasteiger partial charge on any atom is 0.0929 e. The smallest absolute Gasteiger partial charge is 0.0929 e. The summed E-state index contributed by atoms with van der Waals surface area (Å²) in [5.41, 5.74) is 1.11. The lowest BCUT2D eigenvalue weighted by Gasteiger charge is -2.34. The van der Waals surface area contributed by atoms with Gasteiger partial charge >= 0.3 is 0 Å². The lowest BCUT2D eigenvalue weighted by atomic mass is 9.82. The summed E-state index contributed by atoms with van der Waals surface area (Å²) in [6, 6.07) is 0. The molecule has 1 aliphatic rings. The lowest BCUT2D eigenvalue weighted by Crippen LogP contribution is -2.36. The normalized spacial score (nSPS) is 23.6. The van der Waals surface area contributed by atoms with Gasteiger partial charge in [0.1, 0.15) is 0 Å². The minimum absolute atomic E-state index is 0.463. The molecular weight excluding hydrogens is 232 g/mol. The summed E-state index contributed by atoms with van der Waals surface area (Å²) in [6.45, 7) is 4.00. The fourth-order valence-electron chi connectivity index (χ4n) is 2.21. The SMILES string of the molecule is CCCc1nc(COC2CC(CNC)C2)cs1. The number of rotatable bonds is 7. The molecule has 0 amide bonds. The molecule has 1 aromatic heterocycles. The first-order valence-electron chi connectivity index (χ1n) is 6.51. The van der Waals surface area contributed by atoms with E-state index in [0.29, 0.717) is 12.7 Å². The van der Waals surface area contributed by atoms with Gasteiger partial charge in [0.05, 0.1) is 23.4 Å². The molecule has 1 heterocycles. The second-order valence-corrected chi connectivity index (χ2v) is 5.75. The molecule has 0 spiro atoms. The molecule has 1 N–H and O–H groups in total. The van der Waals surface area contributed by atoms with E-state index in [0.717, 1.165) is 24.6 Å². The van der Waals surface area contributed by atoms with Gasteiger partial charge in [0.2, 0.25) is 0 Å². The number of aromatic nitrogens is 1. The van der Waals surface area contributed by atoms with Crippen molar-refractivity contribution in [3.63, 3.8) is 0 Å². The third kappa shape index (κ3) is 3.76. The predicted molar refractivity (Wildman–Crippen MR) is 71.3 cm³/mol. The van der Waals surface area contributed by atoms with E-state index >= 15 is 0 Å². The molecule has 0 radical (unpaired) electrons. The van der Waals surface area contributed by atoms with Crippen LogP contribution >= 0.6 is 11.3 Å². The van der Waals surface area contributed by atoms with Gasteiger partial charge in [-0.05, 0) is 45.2 Å². The van der Waals surface area contributed by atoms with Gasteiger partial charge in [-0.3, -0.25) is 0 Å². The highest BCUT2D eigenvalue weighted by Crippen LogP contribution is 2.30. The second-order valence-electron chi connectivity index (χ2n) is 4.81. The zero-order chi connectivity index (χ0) is 12.1. The maximum absolute atomic E-state index is 5.85. The van der Waals surface area contributed by atoms with Crippen molar-refractivity contribution in [1.82, 2.24) is 10.3 Å². The quantitative estimate of drug-likeness (QED) is 0.812. The first kappa shape index (κ1) is 13.0. The average molecular weight is 254 g/mol. The Morgan fingerprint density at radius 2 is 2.35 bits per heavy atom. The van der Waals surface area contributed by atoms with Gasteiger partial charge in [-0.25, -0.2) is 4.98 Å². The van der Waals surface area contributed by atoms with Crippen LogP contribution in [0.15, 0.2) is 5.38 Å². The predicted octanol–water partition coefficient (Wildman–Crippen LogP) is 2.61. The summed E-state index contributed by atoms with van der Waals surface area (Å²) in [6.07, 6.45) is 5.13. The summed E-state index contributed by atoms with van der Waals surface area (Å²) in [7, 11) is 2.01. The van der Waals surface area contributed by atoms with Crippen LogP contribution in [-0.2, 0) is 17.8 Å². The van der Waals surface area contributed by atoms with E-state index < -0.39 is 0 Å². The molecule has 96 valence electrons. The van der Waals surface area contributed by atoms with Gasteiger partial charge in [-0.2, -0.15) is 0 Å². The van der Waals surface area contributed by atoms with Gasteiger partial charge in [0.15, 0.2) is 0 Å². The van der Waals surface area contributed by atoms with Crippen molar-refractivity contribution in [2.45, 2.75) is 45.3 Å².